The van der Waals surface area contributed by atoms with Crippen LogP contribution in [0.25, 0.3) is 0 Å². The molecule has 0 heterocycles. The van der Waals surface area contributed by atoms with Gasteiger partial charge in [0.2, 0.25) is 3.67 Å². The minimum atomic E-state index is -3.97. The molecule has 0 amide bonds. The van der Waals surface area contributed by atoms with E-state index in [0.717, 1.165) is 12.3 Å². The van der Waals surface area contributed by atoms with Crippen LogP contribution in [0.4, 0.5) is 5.69 Å². The van der Waals surface area contributed by atoms with Crippen LogP contribution in [0, 0.1) is 10.1 Å². The number of nitro benzene ring substituents is 1. The molecule has 1 atom stereocenters. The summed E-state index contributed by atoms with van der Waals surface area (Å²) in [6.07, 6.45) is -1.04. The van der Waals surface area contributed by atoms with Crippen molar-refractivity contribution in [2.75, 3.05) is 6.26 Å². The second-order valence-electron chi connectivity index (χ2n) is 3.59. The summed E-state index contributed by atoms with van der Waals surface area (Å²) in [7, 11) is -3.97. The van der Waals surface area contributed by atoms with Gasteiger partial charge in [0.1, 0.15) is 6.10 Å². The molecule has 1 aromatic rings. The van der Waals surface area contributed by atoms with Crippen molar-refractivity contribution >= 4 is 38.7 Å². The predicted octanol–water partition coefficient (Wildman–Crippen LogP) is 1.80. The Balaban J connectivity index is 3.23. The molecule has 100 valence electrons. The minimum Gasteiger partial charge on any atom is -0.384 e. The highest BCUT2D eigenvalue weighted by Crippen LogP contribution is 2.40. The number of sulfone groups is 1. The lowest BCUT2D eigenvalue weighted by Crippen LogP contribution is -2.32. The van der Waals surface area contributed by atoms with Gasteiger partial charge in [-0.1, -0.05) is 35.3 Å². The van der Waals surface area contributed by atoms with Crippen molar-refractivity contribution < 1.29 is 18.4 Å². The summed E-state index contributed by atoms with van der Waals surface area (Å²) < 4.78 is 20.2. The van der Waals surface area contributed by atoms with Gasteiger partial charge in [0.05, 0.1) is 4.92 Å². The summed E-state index contributed by atoms with van der Waals surface area (Å²) >= 11 is 11.2. The molecule has 0 aromatic heterocycles. The zero-order valence-corrected chi connectivity index (χ0v) is 11.4. The molecule has 0 aliphatic heterocycles. The number of non-ortho nitro benzene ring substituents is 1. The van der Waals surface area contributed by atoms with E-state index >= 15 is 0 Å². The number of aliphatic hydroxyl groups excluding tert-OH is 1. The average molecular weight is 314 g/mol. The zero-order chi connectivity index (χ0) is 14.1. The van der Waals surface area contributed by atoms with Gasteiger partial charge in [0.15, 0.2) is 9.84 Å². The average Bonchev–Trinajstić information content (AvgIpc) is 2.26. The lowest BCUT2D eigenvalue weighted by molar-refractivity contribution is -0.385. The monoisotopic (exact) mass is 313 g/mol. The Morgan fingerprint density at radius 1 is 1.44 bits per heavy atom. The van der Waals surface area contributed by atoms with Gasteiger partial charge in [-0.05, 0) is 5.56 Å². The molecule has 18 heavy (non-hydrogen) atoms. The summed E-state index contributed by atoms with van der Waals surface area (Å²) in [6, 6.07) is 4.79. The third kappa shape index (κ3) is 2.92. The highest BCUT2D eigenvalue weighted by atomic mass is 35.5. The maximum Gasteiger partial charge on any atom is 0.269 e. The topological polar surface area (TPSA) is 97.5 Å². The number of alkyl halides is 2. The standard InChI is InChI=1S/C9H9Cl2NO5S/c1-18(16,17)9(10,11)8(13)6-3-2-4-7(5-6)12(14)15/h2-5,8,13H,1H3/t8-/m1/s1. The van der Waals surface area contributed by atoms with E-state index in [9.17, 15) is 23.6 Å². The molecule has 6 nitrogen and oxygen atoms in total. The van der Waals surface area contributed by atoms with Crippen LogP contribution in [0.3, 0.4) is 0 Å². The van der Waals surface area contributed by atoms with Crippen LogP contribution in [0.2, 0.25) is 0 Å². The molecule has 0 radical (unpaired) electrons. The molecular weight excluding hydrogens is 305 g/mol. The fraction of sp³-hybridized carbons (Fsp3) is 0.333. The second kappa shape index (κ2) is 5.00. The van der Waals surface area contributed by atoms with Crippen LogP contribution in [0.1, 0.15) is 11.7 Å². The molecule has 0 spiro atoms. The molecule has 0 saturated heterocycles. The smallest absolute Gasteiger partial charge is 0.269 e. The number of nitro groups is 1. The number of benzene rings is 1. The Kier molecular flexibility index (Phi) is 4.22. The Morgan fingerprint density at radius 2 is 2.00 bits per heavy atom. The van der Waals surface area contributed by atoms with Crippen molar-refractivity contribution in [2.45, 2.75) is 9.77 Å². The van der Waals surface area contributed by atoms with Crippen molar-refractivity contribution in [1.29, 1.82) is 0 Å². The Bertz CT molecular complexity index is 572. The van der Waals surface area contributed by atoms with E-state index in [-0.39, 0.29) is 11.3 Å². The Labute approximate surface area is 113 Å². The molecule has 0 aliphatic rings. The molecule has 1 aromatic carbocycles. The van der Waals surface area contributed by atoms with Gasteiger partial charge in [-0.15, -0.1) is 0 Å². The van der Waals surface area contributed by atoms with Crippen molar-refractivity contribution in [3.63, 3.8) is 0 Å². The number of aliphatic hydroxyl groups is 1. The number of nitrogens with zero attached hydrogens (tertiary/aromatic N) is 1. The number of hydrogen-bond donors (Lipinski definition) is 1. The first kappa shape index (κ1) is 15.2. The Hall–Kier alpha value is -0.890. The van der Waals surface area contributed by atoms with Gasteiger partial charge >= 0.3 is 0 Å². The zero-order valence-electron chi connectivity index (χ0n) is 9.08. The van der Waals surface area contributed by atoms with Gasteiger partial charge in [-0.25, -0.2) is 8.42 Å². The normalized spacial score (nSPS) is 14.2. The van der Waals surface area contributed by atoms with E-state index in [0.29, 0.717) is 0 Å². The minimum absolute atomic E-state index is 0.0559. The van der Waals surface area contributed by atoms with E-state index < -0.39 is 24.5 Å². The highest BCUT2D eigenvalue weighted by molar-refractivity contribution is 7.94. The molecular formula is C9H9Cl2NO5S. The highest BCUT2D eigenvalue weighted by Gasteiger charge is 2.45. The van der Waals surface area contributed by atoms with Crippen molar-refractivity contribution in [2.24, 2.45) is 0 Å². The molecule has 1 N–H and O–H groups in total. The van der Waals surface area contributed by atoms with E-state index in [1.165, 1.54) is 18.2 Å². The number of hydrogen-bond acceptors (Lipinski definition) is 5. The Morgan fingerprint density at radius 3 is 2.44 bits per heavy atom. The lowest BCUT2D eigenvalue weighted by atomic mass is 10.1. The molecule has 0 bridgehead atoms. The van der Waals surface area contributed by atoms with Crippen molar-refractivity contribution in [3.05, 3.63) is 39.9 Å². The van der Waals surface area contributed by atoms with E-state index in [4.69, 9.17) is 23.2 Å². The summed E-state index contributed by atoms with van der Waals surface area (Å²) in [6.45, 7) is 0. The van der Waals surface area contributed by atoms with Crippen LogP contribution in [0.5, 0.6) is 0 Å². The van der Waals surface area contributed by atoms with E-state index in [2.05, 4.69) is 0 Å². The predicted molar refractivity (Wildman–Crippen MR) is 67.3 cm³/mol. The molecule has 1 rings (SSSR count). The summed E-state index contributed by atoms with van der Waals surface area (Å²) in [5.74, 6) is 0. The fourth-order valence-corrected chi connectivity index (χ4v) is 2.00. The molecule has 0 unspecified atom stereocenters. The second-order valence-corrected chi connectivity index (χ2v) is 7.61. The third-order valence-corrected chi connectivity index (χ3v) is 5.52. The van der Waals surface area contributed by atoms with Crippen LogP contribution >= 0.6 is 23.2 Å². The summed E-state index contributed by atoms with van der Waals surface area (Å²) in [5, 5.41) is 20.4. The van der Waals surface area contributed by atoms with Gasteiger partial charge in [-0.2, -0.15) is 0 Å². The van der Waals surface area contributed by atoms with Crippen LogP contribution in [0.15, 0.2) is 24.3 Å². The van der Waals surface area contributed by atoms with Crippen molar-refractivity contribution in [1.82, 2.24) is 0 Å². The van der Waals surface area contributed by atoms with Gasteiger partial charge in [0.25, 0.3) is 5.69 Å². The SMILES string of the molecule is CS(=O)(=O)C(Cl)(Cl)[C@H](O)c1cccc([N+](=O)[O-])c1. The van der Waals surface area contributed by atoms with Crippen LogP contribution < -0.4 is 0 Å². The van der Waals surface area contributed by atoms with Gasteiger partial charge in [-0.3, -0.25) is 10.1 Å². The maximum absolute atomic E-state index is 11.3. The van der Waals surface area contributed by atoms with Crippen LogP contribution in [-0.2, 0) is 9.84 Å². The summed E-state index contributed by atoms with van der Waals surface area (Å²) in [4.78, 5) is 9.88. The molecule has 0 saturated carbocycles. The first-order valence-corrected chi connectivity index (χ1v) is 7.22. The maximum atomic E-state index is 11.3. The van der Waals surface area contributed by atoms with Crippen LogP contribution in [-0.4, -0.2) is 28.4 Å². The number of halogens is 2. The molecule has 0 fully saturated rings. The number of rotatable bonds is 4. The largest absolute Gasteiger partial charge is 0.384 e. The van der Waals surface area contributed by atoms with E-state index in [1.807, 2.05) is 0 Å². The molecule has 9 heteroatoms. The lowest BCUT2D eigenvalue weighted by Gasteiger charge is -2.23. The van der Waals surface area contributed by atoms with Gasteiger partial charge < -0.3 is 5.11 Å². The summed E-state index contributed by atoms with van der Waals surface area (Å²) in [5.41, 5.74) is -0.358. The quantitative estimate of drug-likeness (QED) is 0.519. The third-order valence-electron chi connectivity index (χ3n) is 2.21. The first-order valence-electron chi connectivity index (χ1n) is 4.57. The fourth-order valence-electron chi connectivity index (χ4n) is 1.21. The van der Waals surface area contributed by atoms with E-state index in [1.54, 1.807) is 0 Å². The first-order chi connectivity index (χ1) is 8.07. The van der Waals surface area contributed by atoms with Crippen molar-refractivity contribution in [3.8, 4) is 0 Å². The van der Waals surface area contributed by atoms with Gasteiger partial charge in [0, 0.05) is 18.4 Å². The molecule has 0 aliphatic carbocycles.